The normalized spacial score (nSPS) is 10.4. The highest BCUT2D eigenvalue weighted by Crippen LogP contribution is 2.29. The van der Waals surface area contributed by atoms with Gasteiger partial charge in [0.2, 0.25) is 0 Å². The number of thioether (sulfide) groups is 1. The zero-order chi connectivity index (χ0) is 11.4. The minimum Gasteiger partial charge on any atom is -0.130 e. The Labute approximate surface area is 109 Å². The molecule has 0 saturated carbocycles. The third kappa shape index (κ3) is 3.21. The molecule has 0 aliphatic rings. The Kier molecular flexibility index (Phi) is 4.22. The van der Waals surface area contributed by atoms with Crippen molar-refractivity contribution in [2.75, 3.05) is 6.26 Å². The lowest BCUT2D eigenvalue weighted by molar-refractivity contribution is 1.34. The number of hydrogen-bond acceptors (Lipinski definition) is 2. The molecule has 16 heavy (non-hydrogen) atoms. The van der Waals surface area contributed by atoms with Crippen LogP contribution in [0.5, 0.6) is 0 Å². The van der Waals surface area contributed by atoms with Gasteiger partial charge in [-0.15, -0.1) is 11.8 Å². The van der Waals surface area contributed by atoms with Crippen LogP contribution in [0.15, 0.2) is 63.2 Å². The molecule has 0 bridgehead atoms. The summed E-state index contributed by atoms with van der Waals surface area (Å²) < 4.78 is 0. The van der Waals surface area contributed by atoms with Crippen molar-refractivity contribution in [2.45, 2.75) is 14.7 Å². The number of hydrogen-bond donors (Lipinski definition) is 0. The van der Waals surface area contributed by atoms with E-state index in [9.17, 15) is 0 Å². The molecule has 0 nitrogen and oxygen atoms in total. The first-order valence-corrected chi connectivity index (χ1v) is 7.27. The van der Waals surface area contributed by atoms with Gasteiger partial charge < -0.3 is 0 Å². The van der Waals surface area contributed by atoms with E-state index in [0.717, 1.165) is 5.02 Å². The minimum atomic E-state index is 0.780. The van der Waals surface area contributed by atoms with E-state index in [1.165, 1.54) is 14.7 Å². The van der Waals surface area contributed by atoms with E-state index >= 15 is 0 Å². The van der Waals surface area contributed by atoms with Crippen LogP contribution in [-0.4, -0.2) is 6.26 Å². The largest absolute Gasteiger partial charge is 0.130 e. The Balaban J connectivity index is 2.11. The zero-order valence-corrected chi connectivity index (χ0v) is 11.2. The van der Waals surface area contributed by atoms with Gasteiger partial charge in [-0.2, -0.15) is 0 Å². The second-order valence-electron chi connectivity index (χ2n) is 3.23. The van der Waals surface area contributed by atoms with Crippen molar-refractivity contribution in [3.05, 3.63) is 53.6 Å². The molecule has 0 aromatic heterocycles. The molecule has 0 spiro atoms. The first-order chi connectivity index (χ1) is 7.78. The smallest absolute Gasteiger partial charge is 0.0406 e. The van der Waals surface area contributed by atoms with Gasteiger partial charge in [0.25, 0.3) is 0 Å². The fourth-order valence-corrected chi connectivity index (χ4v) is 2.63. The van der Waals surface area contributed by atoms with Gasteiger partial charge in [-0.25, -0.2) is 0 Å². The fraction of sp³-hybridized carbons (Fsp3) is 0.0769. The first-order valence-electron chi connectivity index (χ1n) is 4.85. The van der Waals surface area contributed by atoms with Crippen LogP contribution in [0.3, 0.4) is 0 Å². The molecule has 2 rings (SSSR count). The molecule has 0 heterocycles. The summed E-state index contributed by atoms with van der Waals surface area (Å²) in [5.74, 6) is 0. The summed E-state index contributed by atoms with van der Waals surface area (Å²) in [5, 5.41) is 0.780. The second kappa shape index (κ2) is 5.67. The van der Waals surface area contributed by atoms with Gasteiger partial charge in [-0.1, -0.05) is 23.4 Å². The topological polar surface area (TPSA) is 0 Å². The van der Waals surface area contributed by atoms with E-state index in [2.05, 4.69) is 30.5 Å². The van der Waals surface area contributed by atoms with Crippen LogP contribution < -0.4 is 0 Å². The average molecular weight is 267 g/mol. The average Bonchev–Trinajstić information content (AvgIpc) is 2.33. The molecule has 3 heteroatoms. The van der Waals surface area contributed by atoms with Gasteiger partial charge in [-0.05, 0) is 54.8 Å². The van der Waals surface area contributed by atoms with Crippen LogP contribution in [0.25, 0.3) is 0 Å². The lowest BCUT2D eigenvalue weighted by atomic mass is 10.4. The Morgan fingerprint density at radius 1 is 0.750 bits per heavy atom. The highest BCUT2D eigenvalue weighted by atomic mass is 35.5. The molecule has 2 aromatic rings. The third-order valence-corrected chi connectivity index (χ3v) is 4.12. The van der Waals surface area contributed by atoms with Crippen molar-refractivity contribution < 1.29 is 0 Å². The molecule has 0 aliphatic carbocycles. The molecule has 0 unspecified atom stereocenters. The van der Waals surface area contributed by atoms with Crippen LogP contribution >= 0.6 is 35.1 Å². The van der Waals surface area contributed by atoms with Crippen LogP contribution in [0.1, 0.15) is 0 Å². The first kappa shape index (κ1) is 11.9. The summed E-state index contributed by atoms with van der Waals surface area (Å²) in [4.78, 5) is 3.75. The zero-order valence-electron chi connectivity index (χ0n) is 8.81. The van der Waals surface area contributed by atoms with Crippen molar-refractivity contribution in [1.29, 1.82) is 0 Å². The maximum atomic E-state index is 5.84. The summed E-state index contributed by atoms with van der Waals surface area (Å²) >= 11 is 9.35. The predicted octanol–water partition coefficient (Wildman–Crippen LogP) is 5.21. The second-order valence-corrected chi connectivity index (χ2v) is 5.69. The van der Waals surface area contributed by atoms with Gasteiger partial charge in [0.05, 0.1) is 0 Å². The Hall–Kier alpha value is -0.570. The number of rotatable bonds is 3. The lowest BCUT2D eigenvalue weighted by Crippen LogP contribution is -1.74. The molecule has 0 fully saturated rings. The monoisotopic (exact) mass is 266 g/mol. The van der Waals surface area contributed by atoms with Crippen LogP contribution in [0.4, 0.5) is 0 Å². The molecular weight excluding hydrogens is 256 g/mol. The summed E-state index contributed by atoms with van der Waals surface area (Å²) in [7, 11) is 0. The maximum absolute atomic E-state index is 5.84. The van der Waals surface area contributed by atoms with Crippen LogP contribution in [0.2, 0.25) is 5.02 Å². The quantitative estimate of drug-likeness (QED) is 0.699. The molecule has 0 saturated heterocycles. The molecule has 0 amide bonds. The van der Waals surface area contributed by atoms with Gasteiger partial charge in [0, 0.05) is 19.7 Å². The molecule has 2 aromatic carbocycles. The standard InChI is InChI=1S/C13H11ClS2/c1-15-11-6-8-13(9-7-11)16-12-4-2-10(14)3-5-12/h2-9H,1H3. The summed E-state index contributed by atoms with van der Waals surface area (Å²) in [6.45, 7) is 0. The molecule has 0 atom stereocenters. The lowest BCUT2D eigenvalue weighted by Gasteiger charge is -2.02. The van der Waals surface area contributed by atoms with E-state index in [0.29, 0.717) is 0 Å². The van der Waals surface area contributed by atoms with Gasteiger partial charge in [0.1, 0.15) is 0 Å². The Bertz CT molecular complexity index is 448. The third-order valence-electron chi connectivity index (χ3n) is 2.11. The van der Waals surface area contributed by atoms with Gasteiger partial charge >= 0.3 is 0 Å². The van der Waals surface area contributed by atoms with Crippen LogP contribution in [-0.2, 0) is 0 Å². The highest BCUT2D eigenvalue weighted by molar-refractivity contribution is 7.99. The van der Waals surface area contributed by atoms with Crippen molar-refractivity contribution >= 4 is 35.1 Å². The van der Waals surface area contributed by atoms with E-state index < -0.39 is 0 Å². The number of halogens is 1. The van der Waals surface area contributed by atoms with Crippen molar-refractivity contribution in [1.82, 2.24) is 0 Å². The minimum absolute atomic E-state index is 0.780. The van der Waals surface area contributed by atoms with Gasteiger partial charge in [0.15, 0.2) is 0 Å². The van der Waals surface area contributed by atoms with Crippen LogP contribution in [0, 0.1) is 0 Å². The highest BCUT2D eigenvalue weighted by Gasteiger charge is 1.97. The molecule has 0 aliphatic heterocycles. The van der Waals surface area contributed by atoms with E-state index in [1.807, 2.05) is 24.3 Å². The fourth-order valence-electron chi connectivity index (χ4n) is 1.28. The molecule has 0 radical (unpaired) electrons. The molecule has 0 N–H and O–H groups in total. The SMILES string of the molecule is CSc1ccc(Sc2ccc(Cl)cc2)cc1. The Morgan fingerprint density at radius 2 is 1.19 bits per heavy atom. The van der Waals surface area contributed by atoms with Gasteiger partial charge in [-0.3, -0.25) is 0 Å². The van der Waals surface area contributed by atoms with Crippen molar-refractivity contribution in [3.63, 3.8) is 0 Å². The number of benzene rings is 2. The maximum Gasteiger partial charge on any atom is 0.0406 e. The van der Waals surface area contributed by atoms with E-state index in [1.54, 1.807) is 23.5 Å². The van der Waals surface area contributed by atoms with E-state index in [4.69, 9.17) is 11.6 Å². The molecular formula is C13H11ClS2. The Morgan fingerprint density at radius 3 is 1.69 bits per heavy atom. The summed E-state index contributed by atoms with van der Waals surface area (Å²) in [5.41, 5.74) is 0. The summed E-state index contributed by atoms with van der Waals surface area (Å²) in [6.07, 6.45) is 2.08. The van der Waals surface area contributed by atoms with Crippen molar-refractivity contribution in [3.8, 4) is 0 Å². The van der Waals surface area contributed by atoms with E-state index in [-0.39, 0.29) is 0 Å². The molecule has 82 valence electrons. The van der Waals surface area contributed by atoms with Crippen molar-refractivity contribution in [2.24, 2.45) is 0 Å². The summed E-state index contributed by atoms with van der Waals surface area (Å²) in [6, 6.07) is 16.5. The predicted molar refractivity (Wildman–Crippen MR) is 73.8 cm³/mol.